The summed E-state index contributed by atoms with van der Waals surface area (Å²) >= 11 is 0. The molecule has 0 saturated carbocycles. The first-order chi connectivity index (χ1) is 13.6. The molecule has 1 fully saturated rings. The van der Waals surface area contributed by atoms with Crippen molar-refractivity contribution in [2.24, 2.45) is 0 Å². The number of carbonyl (C=O) groups excluding carboxylic acids is 1. The Balaban J connectivity index is 1.85. The molecule has 2 amide bonds. The third-order valence-electron chi connectivity index (χ3n) is 4.94. The third kappa shape index (κ3) is 5.36. The number of urea groups is 1. The predicted molar refractivity (Wildman–Crippen MR) is 111 cm³/mol. The van der Waals surface area contributed by atoms with Crippen LogP contribution in [0.25, 0.3) is 0 Å². The molecule has 156 valence electrons. The Bertz CT molecular complexity index is 1090. The zero-order valence-corrected chi connectivity index (χ0v) is 18.0. The van der Waals surface area contributed by atoms with Crippen molar-refractivity contribution in [1.82, 2.24) is 9.62 Å². The molecule has 0 spiro atoms. The summed E-state index contributed by atoms with van der Waals surface area (Å²) in [5.41, 5.74) is 2.74. The van der Waals surface area contributed by atoms with E-state index in [9.17, 15) is 21.6 Å². The van der Waals surface area contributed by atoms with Crippen LogP contribution in [0.1, 0.15) is 23.1 Å². The minimum absolute atomic E-state index is 0.0138. The number of hydrogen-bond acceptors (Lipinski definition) is 5. The molecule has 1 unspecified atom stereocenters. The van der Waals surface area contributed by atoms with Crippen LogP contribution in [0.5, 0.6) is 0 Å². The number of benzene rings is 2. The summed E-state index contributed by atoms with van der Waals surface area (Å²) in [5.74, 6) is -0.184. The van der Waals surface area contributed by atoms with Gasteiger partial charge >= 0.3 is 6.03 Å². The summed E-state index contributed by atoms with van der Waals surface area (Å²) in [5, 5.41) is 0. The minimum atomic E-state index is -4.07. The van der Waals surface area contributed by atoms with Gasteiger partial charge in [-0.3, -0.25) is 0 Å². The van der Waals surface area contributed by atoms with E-state index in [1.807, 2.05) is 38.1 Å². The Kier molecular flexibility index (Phi) is 6.00. The highest BCUT2D eigenvalue weighted by molar-refractivity contribution is 7.91. The lowest BCUT2D eigenvalue weighted by atomic mass is 10.1. The van der Waals surface area contributed by atoms with Gasteiger partial charge in [-0.1, -0.05) is 47.5 Å². The quantitative estimate of drug-likeness (QED) is 0.776. The van der Waals surface area contributed by atoms with Crippen LogP contribution in [0.2, 0.25) is 0 Å². The molecule has 29 heavy (non-hydrogen) atoms. The summed E-state index contributed by atoms with van der Waals surface area (Å²) in [6.45, 7) is 3.89. The minimum Gasteiger partial charge on any atom is -0.316 e. The van der Waals surface area contributed by atoms with Gasteiger partial charge in [0.2, 0.25) is 0 Å². The molecule has 1 aliphatic rings. The smallest absolute Gasteiger partial charge is 0.316 e. The van der Waals surface area contributed by atoms with Crippen molar-refractivity contribution < 1.29 is 21.6 Å². The zero-order valence-electron chi connectivity index (χ0n) is 16.3. The molecule has 0 radical (unpaired) electrons. The van der Waals surface area contributed by atoms with Crippen LogP contribution in [0.3, 0.4) is 0 Å². The van der Waals surface area contributed by atoms with E-state index >= 15 is 0 Å². The number of hydrogen-bond donors (Lipinski definition) is 1. The molecule has 2 aromatic rings. The van der Waals surface area contributed by atoms with Gasteiger partial charge in [0.05, 0.1) is 16.4 Å². The second kappa shape index (κ2) is 8.16. The van der Waals surface area contributed by atoms with Gasteiger partial charge in [0.1, 0.15) is 0 Å². The fourth-order valence-corrected chi connectivity index (χ4v) is 5.92. The van der Waals surface area contributed by atoms with Gasteiger partial charge < -0.3 is 4.90 Å². The van der Waals surface area contributed by atoms with Gasteiger partial charge in [0, 0.05) is 12.6 Å². The number of rotatable bonds is 5. The van der Waals surface area contributed by atoms with Gasteiger partial charge in [-0.2, -0.15) is 0 Å². The van der Waals surface area contributed by atoms with Crippen LogP contribution in [0.15, 0.2) is 53.4 Å². The molecule has 7 nitrogen and oxygen atoms in total. The molecule has 1 atom stereocenters. The van der Waals surface area contributed by atoms with E-state index < -0.39 is 31.9 Å². The second-order valence-electron chi connectivity index (χ2n) is 7.39. The summed E-state index contributed by atoms with van der Waals surface area (Å²) in [7, 11) is -7.31. The highest BCUT2D eigenvalue weighted by Crippen LogP contribution is 2.21. The van der Waals surface area contributed by atoms with E-state index in [0.29, 0.717) is 0 Å². The molecule has 3 rings (SSSR count). The summed E-state index contributed by atoms with van der Waals surface area (Å²) in [6, 6.07) is 12.2. The fraction of sp³-hybridized carbons (Fsp3) is 0.350. The van der Waals surface area contributed by atoms with E-state index in [1.54, 1.807) is 12.1 Å². The Morgan fingerprint density at radius 3 is 2.10 bits per heavy atom. The molecule has 0 bridgehead atoms. The van der Waals surface area contributed by atoms with Gasteiger partial charge in [-0.25, -0.2) is 26.4 Å². The van der Waals surface area contributed by atoms with E-state index in [2.05, 4.69) is 4.72 Å². The fourth-order valence-electron chi connectivity index (χ4n) is 3.23. The van der Waals surface area contributed by atoms with Crippen molar-refractivity contribution in [1.29, 1.82) is 0 Å². The normalized spacial score (nSPS) is 18.3. The first-order valence-corrected chi connectivity index (χ1v) is 12.5. The van der Waals surface area contributed by atoms with Gasteiger partial charge in [-0.05, 0) is 38.0 Å². The average Bonchev–Trinajstić information content (AvgIpc) is 3.00. The van der Waals surface area contributed by atoms with Crippen molar-refractivity contribution >= 4 is 25.9 Å². The molecule has 1 heterocycles. The number of aryl methyl sites for hydroxylation is 2. The molecule has 2 aromatic carbocycles. The molecule has 1 saturated heterocycles. The predicted octanol–water partition coefficient (Wildman–Crippen LogP) is 2.39. The van der Waals surface area contributed by atoms with Crippen LogP contribution in [0, 0.1) is 13.8 Å². The van der Waals surface area contributed by atoms with E-state index in [1.165, 1.54) is 17.0 Å². The van der Waals surface area contributed by atoms with Crippen molar-refractivity contribution in [2.75, 3.05) is 11.5 Å². The maximum Gasteiger partial charge on any atom is 0.331 e. The molecular weight excluding hydrogens is 412 g/mol. The Hall–Kier alpha value is -2.39. The van der Waals surface area contributed by atoms with Crippen LogP contribution in [0.4, 0.5) is 4.79 Å². The molecular formula is C20H24N2O5S2. The van der Waals surface area contributed by atoms with Crippen molar-refractivity contribution in [3.05, 3.63) is 65.2 Å². The molecule has 1 aliphatic heterocycles. The van der Waals surface area contributed by atoms with E-state index in [0.717, 1.165) is 16.7 Å². The van der Waals surface area contributed by atoms with Gasteiger partial charge in [0.15, 0.2) is 9.84 Å². The van der Waals surface area contributed by atoms with Crippen molar-refractivity contribution in [2.45, 2.75) is 37.8 Å². The van der Waals surface area contributed by atoms with Crippen LogP contribution in [-0.2, 0) is 26.4 Å². The van der Waals surface area contributed by atoms with Gasteiger partial charge in [-0.15, -0.1) is 0 Å². The standard InChI is InChI=1S/C20H24N2O5S2/c1-15-3-7-17(8-4-15)13-22(18-11-12-28(24,25)14-18)20(23)21-29(26,27)19-9-5-16(2)6-10-19/h3-10,18H,11-14H2,1-2H3,(H,21,23). The van der Waals surface area contributed by atoms with Crippen molar-refractivity contribution in [3.8, 4) is 0 Å². The Morgan fingerprint density at radius 1 is 1.03 bits per heavy atom. The first-order valence-electron chi connectivity index (χ1n) is 9.22. The lowest BCUT2D eigenvalue weighted by Crippen LogP contribution is -2.48. The molecule has 0 aliphatic carbocycles. The van der Waals surface area contributed by atoms with Crippen LogP contribution >= 0.6 is 0 Å². The molecule has 1 N–H and O–H groups in total. The average molecular weight is 437 g/mol. The topological polar surface area (TPSA) is 101 Å². The van der Waals surface area contributed by atoms with Crippen LogP contribution in [-0.4, -0.2) is 45.3 Å². The Labute approximate surface area is 171 Å². The lowest BCUT2D eigenvalue weighted by molar-refractivity contribution is 0.182. The van der Waals surface area contributed by atoms with Crippen molar-refractivity contribution in [3.63, 3.8) is 0 Å². The van der Waals surface area contributed by atoms with E-state index in [-0.39, 0.29) is 29.4 Å². The highest BCUT2D eigenvalue weighted by Gasteiger charge is 2.36. The summed E-state index contributed by atoms with van der Waals surface area (Å²) < 4.78 is 51.2. The SMILES string of the molecule is Cc1ccc(CN(C(=O)NS(=O)(=O)c2ccc(C)cc2)C2CCS(=O)(=O)C2)cc1. The zero-order chi connectivity index (χ0) is 21.2. The Morgan fingerprint density at radius 2 is 1.59 bits per heavy atom. The maximum atomic E-state index is 12.9. The lowest BCUT2D eigenvalue weighted by Gasteiger charge is -2.28. The monoisotopic (exact) mass is 436 g/mol. The number of nitrogens with one attached hydrogen (secondary N) is 1. The summed E-state index contributed by atoms with van der Waals surface area (Å²) in [6.07, 6.45) is 0.284. The number of nitrogens with zero attached hydrogens (tertiary/aromatic N) is 1. The number of sulfone groups is 1. The highest BCUT2D eigenvalue weighted by atomic mass is 32.2. The second-order valence-corrected chi connectivity index (χ2v) is 11.3. The number of sulfonamides is 1. The number of carbonyl (C=O) groups is 1. The first kappa shape index (κ1) is 21.3. The van der Waals surface area contributed by atoms with E-state index in [4.69, 9.17) is 0 Å². The van der Waals surface area contributed by atoms with Gasteiger partial charge in [0.25, 0.3) is 10.0 Å². The van der Waals surface area contributed by atoms with Crippen LogP contribution < -0.4 is 4.72 Å². The summed E-state index contributed by atoms with van der Waals surface area (Å²) in [4.78, 5) is 14.2. The largest absolute Gasteiger partial charge is 0.331 e. The third-order valence-corrected chi connectivity index (χ3v) is 8.02. The molecule has 9 heteroatoms. The number of amides is 2. The molecule has 0 aromatic heterocycles. The maximum absolute atomic E-state index is 12.9.